The summed E-state index contributed by atoms with van der Waals surface area (Å²) in [4.78, 5) is 35.0. The molecular formula is C30H30Cl2N4O4. The van der Waals surface area contributed by atoms with E-state index >= 15 is 0 Å². The summed E-state index contributed by atoms with van der Waals surface area (Å²) in [6.07, 6.45) is -0.144. The molecule has 0 aromatic heterocycles. The molecule has 10 heteroatoms. The Labute approximate surface area is 243 Å². The Balaban J connectivity index is 1.72. The summed E-state index contributed by atoms with van der Waals surface area (Å²) >= 11 is 13.0. The van der Waals surface area contributed by atoms with E-state index in [4.69, 9.17) is 37.7 Å². The number of ether oxygens (including phenoxy) is 2. The van der Waals surface area contributed by atoms with Crippen molar-refractivity contribution in [3.05, 3.63) is 93.5 Å². The van der Waals surface area contributed by atoms with E-state index < -0.39 is 12.1 Å². The molecule has 0 bridgehead atoms. The van der Waals surface area contributed by atoms with Crippen molar-refractivity contribution in [2.24, 2.45) is 4.99 Å². The van der Waals surface area contributed by atoms with E-state index in [1.165, 1.54) is 0 Å². The lowest BCUT2D eigenvalue weighted by Crippen LogP contribution is -2.55. The van der Waals surface area contributed by atoms with Crippen LogP contribution in [0.4, 0.5) is 4.79 Å². The molecule has 0 spiro atoms. The van der Waals surface area contributed by atoms with Crippen molar-refractivity contribution in [2.75, 3.05) is 26.7 Å². The van der Waals surface area contributed by atoms with Gasteiger partial charge in [0.2, 0.25) is 5.91 Å². The number of hydrogen-bond donors (Lipinski definition) is 1. The number of piperazine rings is 1. The second-order valence-corrected chi connectivity index (χ2v) is 10.7. The third kappa shape index (κ3) is 5.60. The molecule has 3 aromatic carbocycles. The van der Waals surface area contributed by atoms with Crippen LogP contribution in [-0.4, -0.2) is 60.4 Å². The van der Waals surface area contributed by atoms with Crippen LogP contribution in [0.5, 0.6) is 11.5 Å². The third-order valence-corrected chi connectivity index (χ3v) is 7.41. The number of methoxy groups -OCH3 is 1. The highest BCUT2D eigenvalue weighted by Gasteiger charge is 2.45. The summed E-state index contributed by atoms with van der Waals surface area (Å²) in [5.74, 6) is 1.34. The Morgan fingerprint density at radius 2 is 1.82 bits per heavy atom. The van der Waals surface area contributed by atoms with Gasteiger partial charge < -0.3 is 19.7 Å². The predicted molar refractivity (Wildman–Crippen MR) is 155 cm³/mol. The van der Waals surface area contributed by atoms with Crippen LogP contribution >= 0.6 is 23.2 Å². The van der Waals surface area contributed by atoms with Crippen molar-refractivity contribution in [3.8, 4) is 11.5 Å². The fourth-order valence-corrected chi connectivity index (χ4v) is 5.39. The molecule has 1 N–H and O–H groups in total. The molecule has 2 atom stereocenters. The van der Waals surface area contributed by atoms with Crippen LogP contribution in [0, 0.1) is 0 Å². The molecule has 0 aliphatic carbocycles. The number of amidine groups is 1. The zero-order valence-electron chi connectivity index (χ0n) is 22.4. The molecule has 2 unspecified atom stereocenters. The Hall–Kier alpha value is -3.75. The Morgan fingerprint density at radius 1 is 1.07 bits per heavy atom. The summed E-state index contributed by atoms with van der Waals surface area (Å²) in [6.45, 7) is 4.55. The zero-order valence-corrected chi connectivity index (χ0v) is 23.9. The predicted octanol–water partition coefficient (Wildman–Crippen LogP) is 5.89. The van der Waals surface area contributed by atoms with Gasteiger partial charge in [-0.2, -0.15) is 0 Å². The van der Waals surface area contributed by atoms with Gasteiger partial charge in [0.15, 0.2) is 0 Å². The quantitative estimate of drug-likeness (QED) is 0.394. The number of aliphatic imine (C=N–C) groups is 1. The Kier molecular flexibility index (Phi) is 8.19. The van der Waals surface area contributed by atoms with Crippen molar-refractivity contribution in [3.63, 3.8) is 0 Å². The minimum atomic E-state index is -0.571. The second-order valence-electron chi connectivity index (χ2n) is 9.87. The number of nitrogens with zero attached hydrogens (tertiary/aromatic N) is 3. The van der Waals surface area contributed by atoms with Gasteiger partial charge in [0.1, 0.15) is 29.9 Å². The maximum atomic E-state index is 14.4. The van der Waals surface area contributed by atoms with Gasteiger partial charge in [-0.05, 0) is 55.3 Å². The molecule has 208 valence electrons. The van der Waals surface area contributed by atoms with E-state index in [9.17, 15) is 9.59 Å². The fourth-order valence-electron chi connectivity index (χ4n) is 5.01. The SMILES string of the molecule is COc1ccc(C2=NC(c3ccccc3Cl)C(c3ccc(Cl)cc3)N2C(=O)N2CCNC(=O)C2)c(OC(C)C)c1. The van der Waals surface area contributed by atoms with Crippen LogP contribution in [0.25, 0.3) is 0 Å². The molecule has 2 heterocycles. The summed E-state index contributed by atoms with van der Waals surface area (Å²) in [6, 6.07) is 18.8. The number of carbonyl (C=O) groups excluding carboxylic acids is 2. The van der Waals surface area contributed by atoms with Crippen LogP contribution in [0.1, 0.15) is 42.6 Å². The zero-order chi connectivity index (χ0) is 28.4. The van der Waals surface area contributed by atoms with Gasteiger partial charge >= 0.3 is 6.03 Å². The highest BCUT2D eigenvalue weighted by molar-refractivity contribution is 6.31. The molecule has 3 amide bonds. The van der Waals surface area contributed by atoms with Crippen molar-refractivity contribution in [1.82, 2.24) is 15.1 Å². The average molecular weight is 582 g/mol. The van der Waals surface area contributed by atoms with E-state index in [2.05, 4.69) is 5.32 Å². The lowest BCUT2D eigenvalue weighted by Gasteiger charge is -2.36. The lowest BCUT2D eigenvalue weighted by molar-refractivity contribution is -0.123. The third-order valence-electron chi connectivity index (χ3n) is 6.81. The topological polar surface area (TPSA) is 83.5 Å². The van der Waals surface area contributed by atoms with Crippen LogP contribution in [0.15, 0.2) is 71.7 Å². The second kappa shape index (κ2) is 11.8. The maximum absolute atomic E-state index is 14.4. The van der Waals surface area contributed by atoms with Gasteiger partial charge in [-0.15, -0.1) is 0 Å². The van der Waals surface area contributed by atoms with Gasteiger partial charge in [0, 0.05) is 29.2 Å². The maximum Gasteiger partial charge on any atom is 0.326 e. The average Bonchev–Trinajstić information content (AvgIpc) is 3.33. The number of amides is 3. The summed E-state index contributed by atoms with van der Waals surface area (Å²) in [5, 5.41) is 3.90. The molecule has 1 fully saturated rings. The van der Waals surface area contributed by atoms with Gasteiger partial charge in [0.05, 0.1) is 24.8 Å². The van der Waals surface area contributed by atoms with Crippen LogP contribution in [0.3, 0.4) is 0 Å². The Bertz CT molecular complexity index is 1440. The largest absolute Gasteiger partial charge is 0.497 e. The van der Waals surface area contributed by atoms with Crippen LogP contribution < -0.4 is 14.8 Å². The van der Waals surface area contributed by atoms with Crippen molar-refractivity contribution in [1.29, 1.82) is 0 Å². The van der Waals surface area contributed by atoms with Crippen LogP contribution in [-0.2, 0) is 4.79 Å². The number of benzene rings is 3. The Morgan fingerprint density at radius 3 is 2.50 bits per heavy atom. The van der Waals surface area contributed by atoms with Crippen LogP contribution in [0.2, 0.25) is 10.0 Å². The molecule has 2 aliphatic rings. The number of nitrogens with one attached hydrogen (secondary N) is 1. The first-order valence-corrected chi connectivity index (χ1v) is 13.8. The highest BCUT2D eigenvalue weighted by atomic mass is 35.5. The van der Waals surface area contributed by atoms with E-state index in [0.29, 0.717) is 46.0 Å². The molecule has 1 saturated heterocycles. The first-order valence-electron chi connectivity index (χ1n) is 13.0. The van der Waals surface area contributed by atoms with Gasteiger partial charge in [0.25, 0.3) is 0 Å². The number of rotatable bonds is 6. The lowest BCUT2D eigenvalue weighted by atomic mass is 9.93. The smallest absolute Gasteiger partial charge is 0.326 e. The minimum Gasteiger partial charge on any atom is -0.497 e. The van der Waals surface area contributed by atoms with E-state index in [1.807, 2.05) is 62.4 Å². The first kappa shape index (κ1) is 27.8. The van der Waals surface area contributed by atoms with Gasteiger partial charge in [-0.25, -0.2) is 4.79 Å². The first-order chi connectivity index (χ1) is 19.3. The monoisotopic (exact) mass is 580 g/mol. The normalized spacial score (nSPS) is 18.9. The molecule has 40 heavy (non-hydrogen) atoms. The van der Waals surface area contributed by atoms with E-state index in [0.717, 1.165) is 11.1 Å². The molecule has 0 radical (unpaired) electrons. The highest BCUT2D eigenvalue weighted by Crippen LogP contribution is 2.47. The summed E-state index contributed by atoms with van der Waals surface area (Å²) < 4.78 is 11.7. The van der Waals surface area contributed by atoms with Crippen molar-refractivity contribution < 1.29 is 19.1 Å². The molecule has 8 nitrogen and oxygen atoms in total. The summed E-state index contributed by atoms with van der Waals surface area (Å²) in [5.41, 5.74) is 2.22. The van der Waals surface area contributed by atoms with Gasteiger partial charge in [-0.3, -0.25) is 14.7 Å². The molecule has 2 aliphatic heterocycles. The van der Waals surface area contributed by atoms with Crippen molar-refractivity contribution in [2.45, 2.75) is 32.0 Å². The summed E-state index contributed by atoms with van der Waals surface area (Å²) in [7, 11) is 1.59. The fraction of sp³-hybridized carbons (Fsp3) is 0.300. The minimum absolute atomic E-state index is 0.0509. The van der Waals surface area contributed by atoms with E-state index in [-0.39, 0.29) is 24.6 Å². The molecule has 5 rings (SSSR count). The molecule has 0 saturated carbocycles. The number of halogens is 2. The van der Waals surface area contributed by atoms with Crippen molar-refractivity contribution >= 4 is 41.0 Å². The molecular weight excluding hydrogens is 551 g/mol. The number of hydrogen-bond acceptors (Lipinski definition) is 5. The molecule has 3 aromatic rings. The van der Waals surface area contributed by atoms with E-state index in [1.54, 1.807) is 35.1 Å². The number of carbonyl (C=O) groups is 2. The van der Waals surface area contributed by atoms with Gasteiger partial charge in [-0.1, -0.05) is 53.5 Å². The standard InChI is InChI=1S/C30H30Cl2N4O4/c1-18(2)40-25-16-21(39-3)12-13-23(25)29-34-27(22-6-4-5-7-24(22)32)28(19-8-10-20(31)11-9-19)36(29)30(38)35-15-14-33-26(37)17-35/h4-13,16,18,27-28H,14-15,17H2,1-3H3,(H,33,37). The number of urea groups is 1.